The highest BCUT2D eigenvalue weighted by atomic mass is 35.5. The van der Waals surface area contributed by atoms with Crippen LogP contribution in [0.5, 0.6) is 0 Å². The lowest BCUT2D eigenvalue weighted by atomic mass is 10.0. The normalized spacial score (nSPS) is 16.9. The summed E-state index contributed by atoms with van der Waals surface area (Å²) in [5, 5.41) is 4.80. The van der Waals surface area contributed by atoms with Crippen LogP contribution < -0.4 is 10.3 Å². The molecule has 0 spiro atoms. The number of nitrogens with zero attached hydrogens (tertiary/aromatic N) is 1. The maximum Gasteiger partial charge on any atom is 0.272 e. The van der Waals surface area contributed by atoms with E-state index >= 15 is 0 Å². The predicted molar refractivity (Wildman–Crippen MR) is 103 cm³/mol. The minimum absolute atomic E-state index is 0.0756. The third-order valence-electron chi connectivity index (χ3n) is 4.55. The van der Waals surface area contributed by atoms with Gasteiger partial charge in [0.2, 0.25) is 0 Å². The zero-order valence-corrected chi connectivity index (χ0v) is 15.5. The van der Waals surface area contributed by atoms with Crippen molar-refractivity contribution < 1.29 is 14.4 Å². The molecule has 2 aromatic carbocycles. The summed E-state index contributed by atoms with van der Waals surface area (Å²) in [6.45, 7) is 5.23. The van der Waals surface area contributed by atoms with E-state index in [1.54, 1.807) is 24.3 Å². The topological polar surface area (TPSA) is 55.1 Å². The maximum atomic E-state index is 12.4. The molecule has 5 nitrogen and oxygen atoms in total. The molecule has 136 valence electrons. The molecule has 2 aromatic rings. The Labute approximate surface area is 158 Å². The van der Waals surface area contributed by atoms with Crippen LogP contribution in [0.25, 0.3) is 0 Å². The first-order valence-electron chi connectivity index (χ1n) is 8.73. The number of morpholine rings is 1. The number of hydrogen-bond acceptors (Lipinski definition) is 3. The average molecular weight is 373 g/mol. The van der Waals surface area contributed by atoms with Crippen LogP contribution in [0.2, 0.25) is 5.02 Å². The quantitative estimate of drug-likeness (QED) is 0.624. The predicted octanol–water partition coefficient (Wildman–Crippen LogP) is 2.10. The van der Waals surface area contributed by atoms with Crippen LogP contribution in [0.3, 0.4) is 0 Å². The second-order valence-corrected chi connectivity index (χ2v) is 6.70. The molecule has 0 unspecified atom stereocenters. The molecule has 1 heterocycles. The zero-order valence-electron chi connectivity index (χ0n) is 14.7. The van der Waals surface area contributed by atoms with Crippen molar-refractivity contribution >= 4 is 23.2 Å². The number of halogens is 1. The number of benzene rings is 2. The molecular weight excluding hydrogens is 350 g/mol. The summed E-state index contributed by atoms with van der Waals surface area (Å²) in [7, 11) is 0. The Morgan fingerprint density at radius 2 is 1.77 bits per heavy atom. The zero-order chi connectivity index (χ0) is 18.4. The molecule has 0 aliphatic carbocycles. The number of amides is 1. The minimum atomic E-state index is -0.307. The molecule has 0 aromatic heterocycles. The van der Waals surface area contributed by atoms with Gasteiger partial charge in [0.1, 0.15) is 13.1 Å². The van der Waals surface area contributed by atoms with Gasteiger partial charge < -0.3 is 9.64 Å². The van der Waals surface area contributed by atoms with E-state index in [1.165, 1.54) is 10.5 Å². The SMILES string of the molecule is C/C(=N/NC(=O)c1ccccc1Cl)[C@@H](c1ccccc1)[NH+]1CCOCC1. The van der Waals surface area contributed by atoms with Gasteiger partial charge in [0.05, 0.1) is 29.5 Å². The van der Waals surface area contributed by atoms with Crippen LogP contribution in [-0.2, 0) is 4.74 Å². The van der Waals surface area contributed by atoms with Crippen molar-refractivity contribution in [2.24, 2.45) is 5.10 Å². The van der Waals surface area contributed by atoms with Crippen LogP contribution >= 0.6 is 11.6 Å². The first-order valence-corrected chi connectivity index (χ1v) is 9.11. The Hall–Kier alpha value is -2.21. The summed E-state index contributed by atoms with van der Waals surface area (Å²) < 4.78 is 5.49. The number of hydrazone groups is 1. The van der Waals surface area contributed by atoms with Gasteiger partial charge in [-0.3, -0.25) is 4.79 Å². The van der Waals surface area contributed by atoms with Crippen molar-refractivity contribution in [3.05, 3.63) is 70.7 Å². The molecule has 0 bridgehead atoms. The van der Waals surface area contributed by atoms with Gasteiger partial charge in [0, 0.05) is 5.56 Å². The average Bonchev–Trinajstić information content (AvgIpc) is 2.68. The first-order chi connectivity index (χ1) is 12.7. The van der Waals surface area contributed by atoms with Crippen molar-refractivity contribution in [2.75, 3.05) is 26.3 Å². The Bertz CT molecular complexity index is 774. The van der Waals surface area contributed by atoms with Gasteiger partial charge >= 0.3 is 0 Å². The summed E-state index contributed by atoms with van der Waals surface area (Å²) in [5.74, 6) is -0.307. The third kappa shape index (κ3) is 4.49. The highest BCUT2D eigenvalue weighted by Gasteiger charge is 2.29. The van der Waals surface area contributed by atoms with Gasteiger partial charge in [-0.15, -0.1) is 0 Å². The molecule has 0 saturated carbocycles. The van der Waals surface area contributed by atoms with Crippen molar-refractivity contribution in [3.8, 4) is 0 Å². The largest absolute Gasteiger partial charge is 0.370 e. The van der Waals surface area contributed by atoms with Gasteiger partial charge in [-0.2, -0.15) is 5.10 Å². The smallest absolute Gasteiger partial charge is 0.272 e. The van der Waals surface area contributed by atoms with Gasteiger partial charge in [0.15, 0.2) is 6.04 Å². The Balaban J connectivity index is 1.80. The molecule has 1 fully saturated rings. The molecule has 1 aliphatic rings. The van der Waals surface area contributed by atoms with Crippen LogP contribution in [-0.4, -0.2) is 37.9 Å². The summed E-state index contributed by atoms with van der Waals surface area (Å²) >= 11 is 6.09. The number of quaternary nitrogens is 1. The second-order valence-electron chi connectivity index (χ2n) is 6.29. The van der Waals surface area contributed by atoms with Gasteiger partial charge in [-0.05, 0) is 19.1 Å². The van der Waals surface area contributed by atoms with E-state index in [4.69, 9.17) is 16.3 Å². The molecule has 0 radical (unpaired) electrons. The molecule has 6 heteroatoms. The van der Waals surface area contributed by atoms with Crippen molar-refractivity contribution in [1.29, 1.82) is 0 Å². The summed E-state index contributed by atoms with van der Waals surface area (Å²) in [4.78, 5) is 13.8. The number of carbonyl (C=O) groups excluding carboxylic acids is 1. The van der Waals surface area contributed by atoms with E-state index in [1.807, 2.05) is 25.1 Å². The molecule has 1 aliphatic heterocycles. The fourth-order valence-electron chi connectivity index (χ4n) is 3.25. The van der Waals surface area contributed by atoms with E-state index in [0.717, 1.165) is 32.0 Å². The van der Waals surface area contributed by atoms with Gasteiger partial charge in [0.25, 0.3) is 5.91 Å². The highest BCUT2D eigenvalue weighted by Crippen LogP contribution is 2.15. The number of hydrogen-bond donors (Lipinski definition) is 2. The lowest BCUT2D eigenvalue weighted by molar-refractivity contribution is -0.928. The minimum Gasteiger partial charge on any atom is -0.370 e. The van der Waals surface area contributed by atoms with E-state index < -0.39 is 0 Å². The van der Waals surface area contributed by atoms with Crippen molar-refractivity contribution in [1.82, 2.24) is 5.43 Å². The summed E-state index contributed by atoms with van der Waals surface area (Å²) in [5.41, 5.74) is 5.10. The molecule has 2 N–H and O–H groups in total. The van der Waals surface area contributed by atoms with Crippen molar-refractivity contribution in [3.63, 3.8) is 0 Å². The van der Waals surface area contributed by atoms with E-state index in [9.17, 15) is 4.79 Å². The molecule has 26 heavy (non-hydrogen) atoms. The summed E-state index contributed by atoms with van der Waals surface area (Å²) in [6.07, 6.45) is 0. The molecule has 1 amide bonds. The van der Waals surface area contributed by atoms with E-state index in [2.05, 4.69) is 22.7 Å². The highest BCUT2D eigenvalue weighted by molar-refractivity contribution is 6.33. The van der Waals surface area contributed by atoms with Gasteiger partial charge in [-0.1, -0.05) is 54.1 Å². The number of carbonyl (C=O) groups is 1. The van der Waals surface area contributed by atoms with Crippen LogP contribution in [0.1, 0.15) is 28.9 Å². The fourth-order valence-corrected chi connectivity index (χ4v) is 3.47. The molecule has 3 rings (SSSR count). The fraction of sp³-hybridized carbons (Fsp3) is 0.300. The molecule has 1 saturated heterocycles. The summed E-state index contributed by atoms with van der Waals surface area (Å²) in [6, 6.07) is 17.3. The number of ether oxygens (including phenoxy) is 1. The van der Waals surface area contributed by atoms with E-state index in [-0.39, 0.29) is 11.9 Å². The van der Waals surface area contributed by atoms with Crippen LogP contribution in [0.4, 0.5) is 0 Å². The Kier molecular flexibility index (Phi) is 6.39. The van der Waals surface area contributed by atoms with Crippen LogP contribution in [0, 0.1) is 0 Å². The van der Waals surface area contributed by atoms with Gasteiger partial charge in [-0.25, -0.2) is 5.43 Å². The molecular formula is C20H23ClN3O2+. The monoisotopic (exact) mass is 372 g/mol. The Morgan fingerprint density at radius 1 is 1.12 bits per heavy atom. The lowest BCUT2D eigenvalue weighted by Gasteiger charge is -2.31. The second kappa shape index (κ2) is 8.94. The maximum absolute atomic E-state index is 12.4. The van der Waals surface area contributed by atoms with Crippen LogP contribution in [0.15, 0.2) is 59.7 Å². The first kappa shape index (κ1) is 18.6. The standard InChI is InChI=1S/C20H22ClN3O2/c1-15(22-23-20(25)17-9-5-6-10-18(17)21)19(16-7-3-2-4-8-16)24-11-13-26-14-12-24/h2-10,19H,11-14H2,1H3,(H,23,25)/p+1/b22-15-/t19-/m0/s1. The van der Waals surface area contributed by atoms with E-state index in [0.29, 0.717) is 10.6 Å². The van der Waals surface area contributed by atoms with Crippen molar-refractivity contribution in [2.45, 2.75) is 13.0 Å². The third-order valence-corrected chi connectivity index (χ3v) is 4.88. The molecule has 1 atom stereocenters. The number of rotatable bonds is 5. The lowest BCUT2D eigenvalue weighted by Crippen LogP contribution is -3.15. The Morgan fingerprint density at radius 3 is 2.46 bits per heavy atom. The number of nitrogens with one attached hydrogen (secondary N) is 2.